The van der Waals surface area contributed by atoms with Gasteiger partial charge in [0.2, 0.25) is 0 Å². The number of nitrogens with one attached hydrogen (secondary N) is 1. The second-order valence-electron chi connectivity index (χ2n) is 3.88. The zero-order valence-electron chi connectivity index (χ0n) is 9.92. The Morgan fingerprint density at radius 3 is 2.69 bits per heavy atom. The molecule has 0 aromatic carbocycles. The van der Waals surface area contributed by atoms with Gasteiger partial charge in [-0.05, 0) is 20.3 Å². The number of aliphatic hydroxyl groups excluding tert-OH is 1. The smallest absolute Gasteiger partial charge is 0.137 e. The summed E-state index contributed by atoms with van der Waals surface area (Å²) in [5, 5.41) is 12.6. The highest BCUT2D eigenvalue weighted by molar-refractivity contribution is 6.30. The molecule has 1 heterocycles. The van der Waals surface area contributed by atoms with E-state index in [0.29, 0.717) is 11.0 Å². The molecule has 0 spiro atoms. The number of aliphatic hydroxyl groups is 1. The molecular weight excluding hydrogens is 226 g/mol. The van der Waals surface area contributed by atoms with Crippen LogP contribution < -0.4 is 5.32 Å². The van der Waals surface area contributed by atoms with Gasteiger partial charge in [-0.1, -0.05) is 18.5 Å². The van der Waals surface area contributed by atoms with Crippen molar-refractivity contribution in [1.82, 2.24) is 9.97 Å². The topological polar surface area (TPSA) is 58.0 Å². The second-order valence-corrected chi connectivity index (χ2v) is 4.24. The summed E-state index contributed by atoms with van der Waals surface area (Å²) in [7, 11) is 0. The van der Waals surface area contributed by atoms with Gasteiger partial charge in [0.05, 0.1) is 6.61 Å². The minimum absolute atomic E-state index is 0.0425. The average molecular weight is 244 g/mol. The molecule has 1 aromatic heterocycles. The largest absolute Gasteiger partial charge is 0.394 e. The molecular formula is C11H18ClN3O. The molecule has 0 aliphatic heterocycles. The quantitative estimate of drug-likeness (QED) is 0.779. The highest BCUT2D eigenvalue weighted by Crippen LogP contribution is 2.20. The first-order valence-corrected chi connectivity index (χ1v) is 5.86. The standard InChI is InChI=1S/C11H18ClN3O/c1-4-5-9-14-10(12)8(3)11(15-9)13-7(2)6-16/h7,16H,4-6H2,1-3H3,(H,13,14,15). The van der Waals surface area contributed by atoms with E-state index in [9.17, 15) is 0 Å². The van der Waals surface area contributed by atoms with Crippen molar-refractivity contribution in [3.63, 3.8) is 0 Å². The van der Waals surface area contributed by atoms with Gasteiger partial charge >= 0.3 is 0 Å². The maximum Gasteiger partial charge on any atom is 0.137 e. The number of halogens is 1. The number of rotatable bonds is 5. The predicted molar refractivity (Wildman–Crippen MR) is 65.9 cm³/mol. The fraction of sp³-hybridized carbons (Fsp3) is 0.636. The average Bonchev–Trinajstić information content (AvgIpc) is 2.25. The molecule has 0 saturated heterocycles. The Bertz CT molecular complexity index is 357. The zero-order valence-corrected chi connectivity index (χ0v) is 10.7. The number of hydrogen-bond donors (Lipinski definition) is 2. The molecule has 0 bridgehead atoms. The first-order valence-electron chi connectivity index (χ1n) is 5.48. The van der Waals surface area contributed by atoms with Crippen molar-refractivity contribution in [2.75, 3.05) is 11.9 Å². The summed E-state index contributed by atoms with van der Waals surface area (Å²) in [6.07, 6.45) is 1.79. The molecule has 0 saturated carbocycles. The molecule has 0 amide bonds. The van der Waals surface area contributed by atoms with Crippen LogP contribution >= 0.6 is 11.6 Å². The van der Waals surface area contributed by atoms with Crippen LogP contribution in [0.2, 0.25) is 5.15 Å². The highest BCUT2D eigenvalue weighted by Gasteiger charge is 2.10. The maximum atomic E-state index is 8.99. The number of hydrogen-bond acceptors (Lipinski definition) is 4. The van der Waals surface area contributed by atoms with E-state index in [2.05, 4.69) is 22.2 Å². The number of aromatic nitrogens is 2. The third kappa shape index (κ3) is 3.32. The summed E-state index contributed by atoms with van der Waals surface area (Å²) < 4.78 is 0. The summed E-state index contributed by atoms with van der Waals surface area (Å²) in [6, 6.07) is -0.0425. The molecule has 0 aliphatic rings. The van der Waals surface area contributed by atoms with Crippen molar-refractivity contribution in [3.05, 3.63) is 16.5 Å². The van der Waals surface area contributed by atoms with E-state index in [1.54, 1.807) is 0 Å². The van der Waals surface area contributed by atoms with Crippen LogP contribution in [0.1, 0.15) is 31.7 Å². The van der Waals surface area contributed by atoms with Crippen molar-refractivity contribution in [3.8, 4) is 0 Å². The van der Waals surface area contributed by atoms with Crippen molar-refractivity contribution in [2.45, 2.75) is 39.7 Å². The Morgan fingerprint density at radius 2 is 2.12 bits per heavy atom. The maximum absolute atomic E-state index is 8.99. The van der Waals surface area contributed by atoms with Gasteiger partial charge in [0, 0.05) is 18.0 Å². The van der Waals surface area contributed by atoms with Gasteiger partial charge in [0.15, 0.2) is 0 Å². The lowest BCUT2D eigenvalue weighted by Crippen LogP contribution is -2.21. The molecule has 1 rings (SSSR count). The van der Waals surface area contributed by atoms with Crippen molar-refractivity contribution in [2.24, 2.45) is 0 Å². The molecule has 90 valence electrons. The molecule has 1 unspecified atom stereocenters. The Kier molecular flexibility index (Phi) is 4.96. The van der Waals surface area contributed by atoms with Gasteiger partial charge in [-0.15, -0.1) is 0 Å². The van der Waals surface area contributed by atoms with Crippen LogP contribution in [0.15, 0.2) is 0 Å². The molecule has 0 radical (unpaired) electrons. The summed E-state index contributed by atoms with van der Waals surface area (Å²) in [6.45, 7) is 5.88. The van der Waals surface area contributed by atoms with Crippen LogP contribution in [0, 0.1) is 6.92 Å². The summed E-state index contributed by atoms with van der Waals surface area (Å²) in [4.78, 5) is 8.60. The minimum atomic E-state index is -0.0425. The highest BCUT2D eigenvalue weighted by atomic mass is 35.5. The van der Waals surface area contributed by atoms with Crippen LogP contribution in [0.5, 0.6) is 0 Å². The lowest BCUT2D eigenvalue weighted by Gasteiger charge is -2.15. The van der Waals surface area contributed by atoms with E-state index in [1.807, 2.05) is 13.8 Å². The van der Waals surface area contributed by atoms with Crippen molar-refractivity contribution < 1.29 is 5.11 Å². The van der Waals surface area contributed by atoms with Gasteiger partial charge in [-0.3, -0.25) is 0 Å². The third-order valence-electron chi connectivity index (χ3n) is 2.26. The third-order valence-corrected chi connectivity index (χ3v) is 2.63. The fourth-order valence-electron chi connectivity index (χ4n) is 1.29. The molecule has 0 fully saturated rings. The SMILES string of the molecule is CCCc1nc(Cl)c(C)c(NC(C)CO)n1. The monoisotopic (exact) mass is 243 g/mol. The van der Waals surface area contributed by atoms with Gasteiger partial charge in [-0.2, -0.15) is 0 Å². The van der Waals surface area contributed by atoms with Crippen LogP contribution in [0.25, 0.3) is 0 Å². The van der Waals surface area contributed by atoms with Gasteiger partial charge in [0.1, 0.15) is 16.8 Å². The first kappa shape index (κ1) is 13.2. The van der Waals surface area contributed by atoms with Crippen molar-refractivity contribution in [1.29, 1.82) is 0 Å². The molecule has 1 aromatic rings. The van der Waals surface area contributed by atoms with Crippen LogP contribution in [0.3, 0.4) is 0 Å². The van der Waals surface area contributed by atoms with Gasteiger partial charge in [0.25, 0.3) is 0 Å². The first-order chi connectivity index (χ1) is 7.58. The summed E-state index contributed by atoms with van der Waals surface area (Å²) in [5.74, 6) is 1.45. The number of nitrogens with zero attached hydrogens (tertiary/aromatic N) is 2. The molecule has 16 heavy (non-hydrogen) atoms. The van der Waals surface area contributed by atoms with E-state index in [1.165, 1.54) is 0 Å². The predicted octanol–water partition coefficient (Wildman–Crippen LogP) is 2.18. The fourth-order valence-corrected chi connectivity index (χ4v) is 1.47. The Hall–Kier alpha value is -0.870. The van der Waals surface area contributed by atoms with Gasteiger partial charge < -0.3 is 10.4 Å². The van der Waals surface area contributed by atoms with E-state index in [-0.39, 0.29) is 12.6 Å². The Balaban J connectivity index is 2.96. The zero-order chi connectivity index (χ0) is 12.1. The molecule has 0 aliphatic carbocycles. The van der Waals surface area contributed by atoms with Gasteiger partial charge in [-0.25, -0.2) is 9.97 Å². The molecule has 4 nitrogen and oxygen atoms in total. The number of anilines is 1. The molecule has 2 N–H and O–H groups in total. The minimum Gasteiger partial charge on any atom is -0.394 e. The van der Waals surface area contributed by atoms with Crippen LogP contribution in [-0.2, 0) is 6.42 Å². The van der Waals surface area contributed by atoms with E-state index < -0.39 is 0 Å². The Labute approximate surface area is 101 Å². The van der Waals surface area contributed by atoms with Crippen molar-refractivity contribution >= 4 is 17.4 Å². The number of aryl methyl sites for hydroxylation is 1. The summed E-state index contributed by atoms with van der Waals surface area (Å²) in [5.41, 5.74) is 0.821. The van der Waals surface area contributed by atoms with E-state index in [4.69, 9.17) is 16.7 Å². The van der Waals surface area contributed by atoms with Crippen LogP contribution in [0.4, 0.5) is 5.82 Å². The van der Waals surface area contributed by atoms with Crippen LogP contribution in [-0.4, -0.2) is 27.7 Å². The second kappa shape index (κ2) is 6.01. The van der Waals surface area contributed by atoms with E-state index in [0.717, 1.165) is 24.2 Å². The lowest BCUT2D eigenvalue weighted by molar-refractivity contribution is 0.281. The molecule has 5 heteroatoms. The lowest BCUT2D eigenvalue weighted by atomic mass is 10.2. The normalized spacial score (nSPS) is 12.6. The van der Waals surface area contributed by atoms with E-state index >= 15 is 0 Å². The Morgan fingerprint density at radius 1 is 1.44 bits per heavy atom. The molecule has 1 atom stereocenters. The summed E-state index contributed by atoms with van der Waals surface area (Å²) >= 11 is 6.03.